The van der Waals surface area contributed by atoms with Crippen LogP contribution in [0.3, 0.4) is 0 Å². The van der Waals surface area contributed by atoms with Gasteiger partial charge in [-0.05, 0) is 18.4 Å². The van der Waals surface area contributed by atoms with Gasteiger partial charge in [-0.2, -0.15) is 0 Å². The molecule has 0 aliphatic carbocycles. The molecule has 1 amide bonds. The molecule has 1 aromatic heterocycles. The number of ether oxygens (including phenoxy) is 1. The van der Waals surface area contributed by atoms with Gasteiger partial charge in [0.25, 0.3) is 0 Å². The van der Waals surface area contributed by atoms with Crippen LogP contribution < -0.4 is 5.32 Å². The molecular weight excluding hydrogens is 384 g/mol. The smallest absolute Gasteiger partial charge is 0.234 e. The summed E-state index contributed by atoms with van der Waals surface area (Å²) in [5.74, 6) is 0.104. The van der Waals surface area contributed by atoms with Gasteiger partial charge in [0.2, 0.25) is 5.91 Å². The van der Waals surface area contributed by atoms with E-state index in [0.29, 0.717) is 19.7 Å². The molecule has 29 heavy (non-hydrogen) atoms. The van der Waals surface area contributed by atoms with Crippen molar-refractivity contribution in [1.29, 1.82) is 0 Å². The van der Waals surface area contributed by atoms with Crippen molar-refractivity contribution < 1.29 is 9.53 Å². The Bertz CT molecular complexity index is 754. The second-order valence-corrected chi connectivity index (χ2v) is 8.30. The standard InChI is InChI=1S/C22H32N4O2S/c1-3-18-5-7-19(8-6-18)22-24-20(17-29-22)15-25-10-12-26(13-11-25)16-21(27)23-9-4-14-28-2/h5-8,17H,3-4,9-16H2,1-2H3,(H,23,27). The monoisotopic (exact) mass is 416 g/mol. The van der Waals surface area contributed by atoms with E-state index < -0.39 is 0 Å². The normalized spacial score (nSPS) is 15.5. The lowest BCUT2D eigenvalue weighted by Crippen LogP contribution is -2.49. The van der Waals surface area contributed by atoms with E-state index in [4.69, 9.17) is 9.72 Å². The Morgan fingerprint density at radius 2 is 1.90 bits per heavy atom. The van der Waals surface area contributed by atoms with Crippen LogP contribution in [0.4, 0.5) is 0 Å². The first-order valence-corrected chi connectivity index (χ1v) is 11.3. The van der Waals surface area contributed by atoms with Crippen LogP contribution in [0.25, 0.3) is 10.6 Å². The van der Waals surface area contributed by atoms with Gasteiger partial charge in [0.1, 0.15) is 5.01 Å². The fourth-order valence-corrected chi connectivity index (χ4v) is 4.25. The first kappa shape index (κ1) is 21.9. The first-order chi connectivity index (χ1) is 14.2. The number of nitrogens with one attached hydrogen (secondary N) is 1. The minimum absolute atomic E-state index is 0.104. The molecule has 1 saturated heterocycles. The second kappa shape index (κ2) is 11.4. The Kier molecular flexibility index (Phi) is 8.61. The number of hydrogen-bond acceptors (Lipinski definition) is 6. The molecule has 2 aromatic rings. The van der Waals surface area contributed by atoms with Crippen LogP contribution in [0.2, 0.25) is 0 Å². The van der Waals surface area contributed by atoms with Crippen molar-refractivity contribution in [3.05, 3.63) is 40.9 Å². The molecule has 1 aliphatic rings. The highest BCUT2D eigenvalue weighted by atomic mass is 32.1. The zero-order valence-electron chi connectivity index (χ0n) is 17.5. The van der Waals surface area contributed by atoms with E-state index in [0.717, 1.165) is 56.3 Å². The highest BCUT2D eigenvalue weighted by Crippen LogP contribution is 2.25. The fourth-order valence-electron chi connectivity index (χ4n) is 3.43. The van der Waals surface area contributed by atoms with Crippen molar-refractivity contribution in [1.82, 2.24) is 20.1 Å². The van der Waals surface area contributed by atoms with Crippen molar-refractivity contribution >= 4 is 17.2 Å². The zero-order chi connectivity index (χ0) is 20.5. The van der Waals surface area contributed by atoms with Crippen LogP contribution >= 0.6 is 11.3 Å². The van der Waals surface area contributed by atoms with Gasteiger partial charge in [-0.1, -0.05) is 31.2 Å². The number of aryl methyl sites for hydroxylation is 1. The van der Waals surface area contributed by atoms with E-state index in [1.165, 1.54) is 11.1 Å². The number of thiazole rings is 1. The molecule has 1 fully saturated rings. The molecule has 0 bridgehead atoms. The van der Waals surface area contributed by atoms with E-state index >= 15 is 0 Å². The number of piperazine rings is 1. The molecule has 1 N–H and O–H groups in total. The summed E-state index contributed by atoms with van der Waals surface area (Å²) in [6.45, 7) is 8.66. The van der Waals surface area contributed by atoms with Crippen molar-refractivity contribution in [2.45, 2.75) is 26.3 Å². The molecular formula is C22H32N4O2S. The van der Waals surface area contributed by atoms with Gasteiger partial charge in [0, 0.05) is 63.9 Å². The average molecular weight is 417 g/mol. The third-order valence-corrected chi connectivity index (χ3v) is 6.17. The molecule has 0 unspecified atom stereocenters. The van der Waals surface area contributed by atoms with Gasteiger partial charge < -0.3 is 10.1 Å². The average Bonchev–Trinajstić information content (AvgIpc) is 3.21. The van der Waals surface area contributed by atoms with E-state index in [9.17, 15) is 4.79 Å². The Labute approximate surface area is 177 Å². The molecule has 2 heterocycles. The molecule has 0 atom stereocenters. The van der Waals surface area contributed by atoms with Crippen LogP contribution in [-0.2, 0) is 22.5 Å². The van der Waals surface area contributed by atoms with Crippen LogP contribution in [0, 0.1) is 0 Å². The lowest BCUT2D eigenvalue weighted by atomic mass is 10.1. The highest BCUT2D eigenvalue weighted by Gasteiger charge is 2.19. The highest BCUT2D eigenvalue weighted by molar-refractivity contribution is 7.13. The maximum absolute atomic E-state index is 12.0. The quantitative estimate of drug-likeness (QED) is 0.604. The number of aromatic nitrogens is 1. The molecule has 1 aliphatic heterocycles. The number of rotatable bonds is 10. The summed E-state index contributed by atoms with van der Waals surface area (Å²) >= 11 is 1.71. The fraction of sp³-hybridized carbons (Fsp3) is 0.545. The van der Waals surface area contributed by atoms with Crippen LogP contribution in [0.1, 0.15) is 24.6 Å². The number of methoxy groups -OCH3 is 1. The molecule has 0 spiro atoms. The number of nitrogens with zero attached hydrogens (tertiary/aromatic N) is 3. The van der Waals surface area contributed by atoms with Gasteiger partial charge in [0.15, 0.2) is 0 Å². The maximum Gasteiger partial charge on any atom is 0.234 e. The number of benzene rings is 1. The maximum atomic E-state index is 12.0. The summed E-state index contributed by atoms with van der Waals surface area (Å²) in [7, 11) is 1.68. The Morgan fingerprint density at radius 3 is 2.59 bits per heavy atom. The van der Waals surface area contributed by atoms with E-state index in [1.807, 2.05) is 0 Å². The Morgan fingerprint density at radius 1 is 1.17 bits per heavy atom. The van der Waals surface area contributed by atoms with Gasteiger partial charge in [-0.15, -0.1) is 11.3 Å². The molecule has 158 valence electrons. The van der Waals surface area contributed by atoms with Gasteiger partial charge in [-0.3, -0.25) is 14.6 Å². The number of amides is 1. The third kappa shape index (κ3) is 6.89. The summed E-state index contributed by atoms with van der Waals surface area (Å²) < 4.78 is 5.00. The van der Waals surface area contributed by atoms with Crippen molar-refractivity contribution in [3.63, 3.8) is 0 Å². The molecule has 7 heteroatoms. The topological polar surface area (TPSA) is 57.7 Å². The van der Waals surface area contributed by atoms with Gasteiger partial charge >= 0.3 is 0 Å². The van der Waals surface area contributed by atoms with Crippen molar-refractivity contribution in [2.75, 3.05) is 53.0 Å². The second-order valence-electron chi connectivity index (χ2n) is 7.44. The molecule has 3 rings (SSSR count). The Hall–Kier alpha value is -1.80. The van der Waals surface area contributed by atoms with E-state index in [-0.39, 0.29) is 5.91 Å². The predicted molar refractivity (Wildman–Crippen MR) is 118 cm³/mol. The third-order valence-electron chi connectivity index (χ3n) is 5.23. The van der Waals surface area contributed by atoms with Gasteiger partial charge in [-0.25, -0.2) is 4.98 Å². The van der Waals surface area contributed by atoms with Crippen molar-refractivity contribution in [3.8, 4) is 10.6 Å². The minimum atomic E-state index is 0.104. The lowest BCUT2D eigenvalue weighted by Gasteiger charge is -2.33. The SMILES string of the molecule is CCc1ccc(-c2nc(CN3CCN(CC(=O)NCCCOC)CC3)cs2)cc1. The molecule has 0 radical (unpaired) electrons. The van der Waals surface area contributed by atoms with E-state index in [1.54, 1.807) is 18.4 Å². The lowest BCUT2D eigenvalue weighted by molar-refractivity contribution is -0.122. The van der Waals surface area contributed by atoms with Crippen LogP contribution in [0.5, 0.6) is 0 Å². The summed E-state index contributed by atoms with van der Waals surface area (Å²) in [6, 6.07) is 8.70. The summed E-state index contributed by atoms with van der Waals surface area (Å²) in [4.78, 5) is 21.5. The summed E-state index contributed by atoms with van der Waals surface area (Å²) in [5, 5.41) is 6.22. The number of carbonyl (C=O) groups excluding carboxylic acids is 1. The first-order valence-electron chi connectivity index (χ1n) is 10.4. The Balaban J connectivity index is 1.40. The summed E-state index contributed by atoms with van der Waals surface area (Å²) in [5.41, 5.74) is 3.68. The molecule has 1 aromatic carbocycles. The molecule has 0 saturated carbocycles. The van der Waals surface area contributed by atoms with Crippen LogP contribution in [0.15, 0.2) is 29.6 Å². The van der Waals surface area contributed by atoms with Crippen LogP contribution in [-0.4, -0.2) is 73.7 Å². The number of hydrogen-bond donors (Lipinski definition) is 1. The van der Waals surface area contributed by atoms with Crippen molar-refractivity contribution in [2.24, 2.45) is 0 Å². The zero-order valence-corrected chi connectivity index (χ0v) is 18.3. The molecule has 6 nitrogen and oxygen atoms in total. The van der Waals surface area contributed by atoms with Gasteiger partial charge in [0.05, 0.1) is 12.2 Å². The number of carbonyl (C=O) groups is 1. The minimum Gasteiger partial charge on any atom is -0.385 e. The predicted octanol–water partition coefficient (Wildman–Crippen LogP) is 2.64. The largest absolute Gasteiger partial charge is 0.385 e. The van der Waals surface area contributed by atoms with E-state index in [2.05, 4.69) is 51.7 Å². The summed E-state index contributed by atoms with van der Waals surface area (Å²) in [6.07, 6.45) is 1.92.